The third kappa shape index (κ3) is 5.28. The van der Waals surface area contributed by atoms with Gasteiger partial charge in [-0.05, 0) is 68.9 Å². The van der Waals surface area contributed by atoms with Crippen LogP contribution < -0.4 is 0 Å². The Kier molecular flexibility index (Phi) is 7.25. The molecule has 2 aliphatic heterocycles. The van der Waals surface area contributed by atoms with Crippen LogP contribution >= 0.6 is 0 Å². The second-order valence-electron chi connectivity index (χ2n) is 8.56. The third-order valence-corrected chi connectivity index (χ3v) is 6.51. The Morgan fingerprint density at radius 2 is 2.13 bits per heavy atom. The number of aromatic nitrogens is 1. The van der Waals surface area contributed by atoms with Gasteiger partial charge in [0.15, 0.2) is 11.9 Å². The van der Waals surface area contributed by atoms with Crippen molar-refractivity contribution in [1.29, 1.82) is 0 Å². The van der Waals surface area contributed by atoms with Crippen LogP contribution in [0.1, 0.15) is 55.3 Å². The lowest BCUT2D eigenvalue weighted by Crippen LogP contribution is -2.37. The van der Waals surface area contributed by atoms with E-state index in [1.807, 2.05) is 6.08 Å². The van der Waals surface area contributed by atoms with Crippen LogP contribution in [0, 0.1) is 5.92 Å². The van der Waals surface area contributed by atoms with Crippen molar-refractivity contribution in [3.8, 4) is 0 Å². The molecular weight excluding hydrogens is 396 g/mol. The van der Waals surface area contributed by atoms with Gasteiger partial charge < -0.3 is 24.0 Å². The molecule has 2 fully saturated rings. The van der Waals surface area contributed by atoms with Crippen molar-refractivity contribution >= 4 is 17.1 Å². The highest BCUT2D eigenvalue weighted by Crippen LogP contribution is 2.30. The summed E-state index contributed by atoms with van der Waals surface area (Å²) in [5.74, 6) is 0.522. The van der Waals surface area contributed by atoms with Gasteiger partial charge in [0.05, 0.1) is 12.3 Å². The number of piperidine rings is 1. The zero-order valence-electron chi connectivity index (χ0n) is 18.1. The largest absolute Gasteiger partial charge is 0.465 e. The number of carboxylic acid groups (broad SMARTS) is 1. The minimum absolute atomic E-state index is 0.153. The Morgan fingerprint density at radius 3 is 2.84 bits per heavy atom. The first-order valence-electron chi connectivity index (χ1n) is 11.4. The molecule has 0 spiro atoms. The summed E-state index contributed by atoms with van der Waals surface area (Å²) >= 11 is 0. The summed E-state index contributed by atoms with van der Waals surface area (Å²) < 4.78 is 17.6. The first-order valence-corrected chi connectivity index (χ1v) is 11.4. The van der Waals surface area contributed by atoms with E-state index >= 15 is 0 Å². The quantitative estimate of drug-likeness (QED) is 0.601. The van der Waals surface area contributed by atoms with E-state index in [1.165, 1.54) is 4.90 Å². The average molecular weight is 429 g/mol. The monoisotopic (exact) mass is 428 g/mol. The van der Waals surface area contributed by atoms with Gasteiger partial charge in [0, 0.05) is 30.6 Å². The van der Waals surface area contributed by atoms with Crippen molar-refractivity contribution in [2.75, 3.05) is 19.7 Å². The maximum absolute atomic E-state index is 11.1. The first kappa shape index (κ1) is 21.8. The van der Waals surface area contributed by atoms with Crippen molar-refractivity contribution in [3.05, 3.63) is 41.6 Å². The summed E-state index contributed by atoms with van der Waals surface area (Å²) in [7, 11) is 0. The molecule has 2 aromatic rings. The highest BCUT2D eigenvalue weighted by atomic mass is 16.7. The number of allylic oxidation sites excluding steroid dienone is 1. The number of benzene rings is 1. The lowest BCUT2D eigenvalue weighted by molar-refractivity contribution is -0.168. The third-order valence-electron chi connectivity index (χ3n) is 6.51. The molecule has 1 aromatic carbocycles. The smallest absolute Gasteiger partial charge is 0.407 e. The number of hydrogen-bond donors (Lipinski definition) is 1. The molecule has 2 saturated heterocycles. The lowest BCUT2D eigenvalue weighted by atomic mass is 9.91. The van der Waals surface area contributed by atoms with E-state index in [9.17, 15) is 4.79 Å². The Labute approximate surface area is 183 Å². The Bertz CT molecular complexity index is 895. The molecule has 0 saturated carbocycles. The molecule has 0 aliphatic carbocycles. The van der Waals surface area contributed by atoms with Crippen LogP contribution in [0.3, 0.4) is 0 Å². The predicted octanol–water partition coefficient (Wildman–Crippen LogP) is 4.92. The number of nitrogens with zero attached hydrogens (tertiary/aromatic N) is 2. The van der Waals surface area contributed by atoms with Crippen molar-refractivity contribution in [2.45, 2.75) is 64.3 Å². The van der Waals surface area contributed by atoms with Crippen molar-refractivity contribution in [1.82, 2.24) is 10.1 Å². The second-order valence-corrected chi connectivity index (χ2v) is 8.56. The van der Waals surface area contributed by atoms with Crippen molar-refractivity contribution < 1.29 is 23.9 Å². The molecule has 1 amide bonds. The molecule has 3 heterocycles. The van der Waals surface area contributed by atoms with E-state index in [-0.39, 0.29) is 6.29 Å². The molecule has 0 radical (unpaired) electrons. The normalized spacial score (nSPS) is 20.3. The number of fused-ring (bicyclic) bond motifs is 1. The zero-order chi connectivity index (χ0) is 21.6. The van der Waals surface area contributed by atoms with E-state index in [0.717, 1.165) is 85.8 Å². The predicted molar refractivity (Wildman–Crippen MR) is 117 cm³/mol. The average Bonchev–Trinajstić information content (AvgIpc) is 3.21. The van der Waals surface area contributed by atoms with Crippen molar-refractivity contribution in [3.63, 3.8) is 0 Å². The molecule has 1 N–H and O–H groups in total. The summed E-state index contributed by atoms with van der Waals surface area (Å²) in [6.45, 7) is 6.31. The lowest BCUT2D eigenvalue weighted by Gasteiger charge is -2.29. The number of carbonyl (C=O) groups is 1. The van der Waals surface area contributed by atoms with E-state index in [4.69, 9.17) is 19.1 Å². The van der Waals surface area contributed by atoms with Gasteiger partial charge >= 0.3 is 6.09 Å². The fourth-order valence-corrected chi connectivity index (χ4v) is 4.61. The Morgan fingerprint density at radius 1 is 1.29 bits per heavy atom. The molecule has 1 unspecified atom stereocenters. The number of aryl methyl sites for hydroxylation is 1. The van der Waals surface area contributed by atoms with Crippen LogP contribution in [0.25, 0.3) is 11.0 Å². The van der Waals surface area contributed by atoms with Gasteiger partial charge in [0.25, 0.3) is 0 Å². The summed E-state index contributed by atoms with van der Waals surface area (Å²) in [5.41, 5.74) is 3.93. The van der Waals surface area contributed by atoms with Crippen molar-refractivity contribution in [2.24, 2.45) is 5.92 Å². The number of amides is 1. The van der Waals surface area contributed by atoms with Crippen LogP contribution in [0.2, 0.25) is 0 Å². The van der Waals surface area contributed by atoms with Crippen LogP contribution in [-0.2, 0) is 28.9 Å². The maximum Gasteiger partial charge on any atom is 0.407 e. The fraction of sp³-hybridized carbons (Fsp3) is 0.583. The molecule has 1 atom stereocenters. The number of hydrogen-bond acceptors (Lipinski definition) is 5. The summed E-state index contributed by atoms with van der Waals surface area (Å²) in [6.07, 6.45) is 8.46. The SMILES string of the molecule is C=CCc1ccc2c(CCC3CCN(C(=O)O)CC3)noc2c1COC1CCCCO1. The Balaban J connectivity index is 1.44. The van der Waals surface area contributed by atoms with E-state index in [1.54, 1.807) is 0 Å². The molecule has 7 heteroatoms. The minimum atomic E-state index is -0.815. The van der Waals surface area contributed by atoms with Crippen LogP contribution in [0.4, 0.5) is 4.79 Å². The standard InChI is InChI=1S/C24H32N2O5/c1-2-5-18-8-9-19-21(10-7-17-11-13-26(14-12-17)24(27)28)25-31-23(19)20(18)16-30-22-6-3-4-15-29-22/h2,8-9,17,22H,1,3-7,10-16H2,(H,27,28). The van der Waals surface area contributed by atoms with Gasteiger partial charge in [-0.3, -0.25) is 0 Å². The molecular formula is C24H32N2O5. The summed E-state index contributed by atoms with van der Waals surface area (Å²) in [4.78, 5) is 12.6. The van der Waals surface area contributed by atoms with E-state index in [0.29, 0.717) is 25.6 Å². The highest BCUT2D eigenvalue weighted by Gasteiger charge is 2.23. The van der Waals surface area contributed by atoms with Gasteiger partial charge in [-0.2, -0.15) is 0 Å². The molecule has 31 heavy (non-hydrogen) atoms. The van der Waals surface area contributed by atoms with E-state index in [2.05, 4.69) is 23.9 Å². The van der Waals surface area contributed by atoms with Gasteiger partial charge in [0.2, 0.25) is 0 Å². The molecule has 1 aromatic heterocycles. The maximum atomic E-state index is 11.1. The molecule has 0 bridgehead atoms. The van der Waals surface area contributed by atoms with Gasteiger partial charge in [0.1, 0.15) is 0 Å². The van der Waals surface area contributed by atoms with Crippen LogP contribution in [0.15, 0.2) is 29.3 Å². The van der Waals surface area contributed by atoms with E-state index < -0.39 is 6.09 Å². The minimum Gasteiger partial charge on any atom is -0.465 e. The van der Waals surface area contributed by atoms with Gasteiger partial charge in [-0.1, -0.05) is 17.3 Å². The number of ether oxygens (including phenoxy) is 2. The van der Waals surface area contributed by atoms with Crippen LogP contribution in [-0.4, -0.2) is 47.2 Å². The topological polar surface area (TPSA) is 85.0 Å². The van der Waals surface area contributed by atoms with Gasteiger partial charge in [-0.15, -0.1) is 6.58 Å². The zero-order valence-corrected chi connectivity index (χ0v) is 18.1. The summed E-state index contributed by atoms with van der Waals surface area (Å²) in [5, 5.41) is 14.5. The summed E-state index contributed by atoms with van der Waals surface area (Å²) in [6, 6.07) is 4.21. The number of rotatable bonds is 8. The Hall–Kier alpha value is -2.38. The molecule has 7 nitrogen and oxygen atoms in total. The molecule has 2 aliphatic rings. The molecule has 4 rings (SSSR count). The van der Waals surface area contributed by atoms with Crippen LogP contribution in [0.5, 0.6) is 0 Å². The fourth-order valence-electron chi connectivity index (χ4n) is 4.61. The highest BCUT2D eigenvalue weighted by molar-refractivity contribution is 5.83. The first-order chi connectivity index (χ1) is 15.2. The number of likely N-dealkylation sites (tertiary alicyclic amines) is 1. The molecule has 168 valence electrons. The second kappa shape index (κ2) is 10.3. The van der Waals surface area contributed by atoms with Gasteiger partial charge in [-0.25, -0.2) is 4.79 Å².